The Bertz CT molecular complexity index is 369. The topological polar surface area (TPSA) is 42.0 Å². The molecule has 0 aromatic carbocycles. The number of hydrogen-bond donors (Lipinski definition) is 0. The van der Waals surface area contributed by atoms with Gasteiger partial charge in [0.1, 0.15) is 0 Å². The number of likely N-dealkylation sites (tertiary alicyclic amines) is 1. The van der Waals surface area contributed by atoms with Crippen LogP contribution in [0.5, 0.6) is 0 Å². The van der Waals surface area contributed by atoms with Gasteiger partial charge in [-0.1, -0.05) is 0 Å². The molecule has 126 valence electrons. The first-order valence-corrected chi connectivity index (χ1v) is 8.92. The third kappa shape index (κ3) is 3.81. The van der Waals surface area contributed by atoms with Gasteiger partial charge in [0.2, 0.25) is 5.91 Å². The third-order valence-electron chi connectivity index (χ3n) is 5.62. The zero-order valence-corrected chi connectivity index (χ0v) is 13.9. The lowest BCUT2D eigenvalue weighted by Gasteiger charge is -2.45. The zero-order chi connectivity index (χ0) is 15.4. The van der Waals surface area contributed by atoms with E-state index in [4.69, 9.17) is 9.57 Å². The van der Waals surface area contributed by atoms with Gasteiger partial charge < -0.3 is 14.5 Å². The first-order chi connectivity index (χ1) is 10.7. The van der Waals surface area contributed by atoms with Crippen LogP contribution in [0, 0.1) is 5.92 Å². The van der Waals surface area contributed by atoms with Crippen molar-refractivity contribution in [3.8, 4) is 0 Å². The lowest BCUT2D eigenvalue weighted by Crippen LogP contribution is -2.53. The average molecular weight is 310 g/mol. The van der Waals surface area contributed by atoms with E-state index in [1.54, 1.807) is 7.11 Å². The molecule has 3 aliphatic heterocycles. The summed E-state index contributed by atoms with van der Waals surface area (Å²) in [6, 6.07) is 0. The molecule has 0 aliphatic carbocycles. The second-order valence-corrected chi connectivity index (χ2v) is 7.17. The monoisotopic (exact) mass is 310 g/mol. The second-order valence-electron chi connectivity index (χ2n) is 7.17. The molecule has 0 saturated carbocycles. The van der Waals surface area contributed by atoms with Crippen LogP contribution in [0.1, 0.15) is 51.4 Å². The van der Waals surface area contributed by atoms with Crippen LogP contribution in [-0.4, -0.2) is 61.4 Å². The summed E-state index contributed by atoms with van der Waals surface area (Å²) in [5.74, 6) is 0.855. The van der Waals surface area contributed by atoms with E-state index < -0.39 is 0 Å². The van der Waals surface area contributed by atoms with Gasteiger partial charge in [0.15, 0.2) is 0 Å². The van der Waals surface area contributed by atoms with Gasteiger partial charge in [-0.15, -0.1) is 0 Å². The van der Waals surface area contributed by atoms with Crippen LogP contribution in [0.15, 0.2) is 0 Å². The summed E-state index contributed by atoms with van der Waals surface area (Å²) in [4.78, 5) is 20.0. The van der Waals surface area contributed by atoms with Gasteiger partial charge in [0.05, 0.1) is 12.7 Å². The molecule has 1 unspecified atom stereocenters. The first-order valence-electron chi connectivity index (χ1n) is 8.92. The minimum absolute atomic E-state index is 0.0222. The van der Waals surface area contributed by atoms with Crippen LogP contribution < -0.4 is 0 Å². The maximum atomic E-state index is 12.7. The Hall–Kier alpha value is -0.650. The van der Waals surface area contributed by atoms with Crippen molar-refractivity contribution in [3.05, 3.63) is 0 Å². The largest absolute Gasteiger partial charge is 0.373 e. The number of piperidine rings is 2. The van der Waals surface area contributed by atoms with Crippen molar-refractivity contribution in [3.63, 3.8) is 0 Å². The lowest BCUT2D eigenvalue weighted by atomic mass is 9.85. The molecule has 22 heavy (non-hydrogen) atoms. The van der Waals surface area contributed by atoms with Gasteiger partial charge in [0.25, 0.3) is 0 Å². The smallest absolute Gasteiger partial charge is 0.222 e. The molecule has 3 fully saturated rings. The predicted molar refractivity (Wildman–Crippen MR) is 84.3 cm³/mol. The lowest BCUT2D eigenvalue weighted by molar-refractivity contribution is -0.156. The molecule has 0 N–H and O–H groups in total. The summed E-state index contributed by atoms with van der Waals surface area (Å²) in [7, 11) is 1.73. The molecule has 3 aliphatic rings. The van der Waals surface area contributed by atoms with Crippen molar-refractivity contribution < 1.29 is 14.4 Å². The van der Waals surface area contributed by atoms with Crippen molar-refractivity contribution in [2.45, 2.75) is 57.0 Å². The van der Waals surface area contributed by atoms with E-state index in [1.807, 2.05) is 5.06 Å². The Balaban J connectivity index is 1.49. The number of rotatable bonds is 3. The summed E-state index contributed by atoms with van der Waals surface area (Å²) in [6.45, 7) is 4.50. The number of amides is 1. The zero-order valence-electron chi connectivity index (χ0n) is 13.9. The summed E-state index contributed by atoms with van der Waals surface area (Å²) in [6.07, 6.45) is 8.60. The first kappa shape index (κ1) is 16.2. The van der Waals surface area contributed by atoms with E-state index in [0.717, 1.165) is 64.9 Å². The summed E-state index contributed by atoms with van der Waals surface area (Å²) in [5, 5.41) is 1.99. The van der Waals surface area contributed by atoms with E-state index >= 15 is 0 Å². The Morgan fingerprint density at radius 3 is 2.64 bits per heavy atom. The van der Waals surface area contributed by atoms with Crippen molar-refractivity contribution >= 4 is 5.91 Å². The number of hydroxylamine groups is 2. The van der Waals surface area contributed by atoms with Crippen LogP contribution >= 0.6 is 0 Å². The molecular formula is C17H30N2O3. The maximum absolute atomic E-state index is 12.7. The van der Waals surface area contributed by atoms with Crippen molar-refractivity contribution in [2.75, 3.05) is 39.9 Å². The minimum atomic E-state index is -0.0222. The highest BCUT2D eigenvalue weighted by Crippen LogP contribution is 2.34. The molecule has 0 bridgehead atoms. The third-order valence-corrected chi connectivity index (χ3v) is 5.62. The van der Waals surface area contributed by atoms with E-state index in [2.05, 4.69) is 4.90 Å². The van der Waals surface area contributed by atoms with E-state index in [9.17, 15) is 4.79 Å². The van der Waals surface area contributed by atoms with Crippen LogP contribution in [0.25, 0.3) is 0 Å². The summed E-state index contributed by atoms with van der Waals surface area (Å²) in [5.41, 5.74) is -0.0222. The molecule has 5 heteroatoms. The quantitative estimate of drug-likeness (QED) is 0.801. The Morgan fingerprint density at radius 2 is 1.95 bits per heavy atom. The molecule has 0 aromatic rings. The summed E-state index contributed by atoms with van der Waals surface area (Å²) < 4.78 is 6.09. The molecule has 1 atom stereocenters. The highest BCUT2D eigenvalue weighted by Gasteiger charge is 2.39. The maximum Gasteiger partial charge on any atom is 0.222 e. The Labute approximate surface area is 133 Å². The fourth-order valence-electron chi connectivity index (χ4n) is 4.21. The van der Waals surface area contributed by atoms with Gasteiger partial charge in [-0.3, -0.25) is 4.79 Å². The molecule has 0 aromatic heterocycles. The minimum Gasteiger partial charge on any atom is -0.373 e. The van der Waals surface area contributed by atoms with Gasteiger partial charge in [0, 0.05) is 39.2 Å². The van der Waals surface area contributed by atoms with E-state index in [0.29, 0.717) is 18.2 Å². The van der Waals surface area contributed by atoms with Gasteiger partial charge in [-0.05, 0) is 50.9 Å². The molecule has 1 amide bonds. The predicted octanol–water partition coefficient (Wildman–Crippen LogP) is 2.21. The van der Waals surface area contributed by atoms with Gasteiger partial charge in [-0.25, -0.2) is 0 Å². The number of carbonyl (C=O) groups excluding carboxylic acids is 1. The Kier molecular flexibility index (Phi) is 5.37. The van der Waals surface area contributed by atoms with Crippen LogP contribution in [-0.2, 0) is 14.4 Å². The fourth-order valence-corrected chi connectivity index (χ4v) is 4.21. The van der Waals surface area contributed by atoms with Crippen molar-refractivity contribution in [1.82, 2.24) is 9.96 Å². The Morgan fingerprint density at radius 1 is 1.18 bits per heavy atom. The van der Waals surface area contributed by atoms with E-state index in [-0.39, 0.29) is 5.60 Å². The van der Waals surface area contributed by atoms with Crippen LogP contribution in [0.4, 0.5) is 0 Å². The average Bonchev–Trinajstić information content (AvgIpc) is 2.56. The summed E-state index contributed by atoms with van der Waals surface area (Å²) >= 11 is 0. The highest BCUT2D eigenvalue weighted by atomic mass is 16.7. The molecule has 0 radical (unpaired) electrons. The molecule has 3 saturated heterocycles. The molecule has 3 rings (SSSR count). The van der Waals surface area contributed by atoms with Crippen molar-refractivity contribution in [1.29, 1.82) is 0 Å². The highest BCUT2D eigenvalue weighted by molar-refractivity contribution is 5.76. The number of ether oxygens (including phenoxy) is 1. The number of nitrogens with zero attached hydrogens (tertiary/aromatic N) is 2. The van der Waals surface area contributed by atoms with Crippen LogP contribution in [0.3, 0.4) is 0 Å². The molecule has 5 nitrogen and oxygen atoms in total. The molecular weight excluding hydrogens is 280 g/mol. The number of carbonyl (C=O) groups is 1. The number of hydrogen-bond acceptors (Lipinski definition) is 4. The van der Waals surface area contributed by atoms with Gasteiger partial charge >= 0.3 is 0 Å². The van der Waals surface area contributed by atoms with E-state index in [1.165, 1.54) is 12.8 Å². The second kappa shape index (κ2) is 7.28. The fraction of sp³-hybridized carbons (Fsp3) is 0.941. The van der Waals surface area contributed by atoms with Crippen LogP contribution in [0.2, 0.25) is 0 Å². The normalized spacial score (nSPS) is 31.6. The SMILES string of the molecule is CON1CCC(CC(=O)N2CCCC3(CCCCO3)C2)CC1. The molecule has 1 spiro atoms. The van der Waals surface area contributed by atoms with Gasteiger partial charge in [-0.2, -0.15) is 5.06 Å². The molecule has 3 heterocycles. The standard InChI is InChI=1S/C17H30N2O3/c1-21-19-10-5-15(6-11-19)13-16(20)18-9-4-8-17(14-18)7-2-3-12-22-17/h15H,2-14H2,1H3. The van der Waals surface area contributed by atoms with Crippen molar-refractivity contribution in [2.24, 2.45) is 5.92 Å².